The average molecular weight is 382 g/mol. The molecule has 2 amide bonds. The van der Waals surface area contributed by atoms with Crippen molar-refractivity contribution in [1.29, 1.82) is 0 Å². The number of nitrogens with zero attached hydrogens (tertiary/aromatic N) is 1. The van der Waals surface area contributed by atoms with E-state index in [2.05, 4.69) is 5.32 Å². The summed E-state index contributed by atoms with van der Waals surface area (Å²) in [6.07, 6.45) is 0.790. The van der Waals surface area contributed by atoms with Crippen LogP contribution in [0.25, 0.3) is 0 Å². The molecule has 0 radical (unpaired) electrons. The summed E-state index contributed by atoms with van der Waals surface area (Å²) in [6, 6.07) is 18.4. The van der Waals surface area contributed by atoms with E-state index >= 15 is 0 Å². The van der Waals surface area contributed by atoms with Crippen molar-refractivity contribution in [2.45, 2.75) is 25.9 Å². The van der Waals surface area contributed by atoms with Crippen molar-refractivity contribution in [3.63, 3.8) is 0 Å². The van der Waals surface area contributed by atoms with Crippen molar-refractivity contribution in [2.24, 2.45) is 5.92 Å². The number of nitrogens with one attached hydrogen (secondary N) is 1. The Bertz CT molecular complexity index is 759. The lowest BCUT2D eigenvalue weighted by molar-refractivity contribution is -0.127. The average Bonchev–Trinajstić information content (AvgIpc) is 2.73. The van der Waals surface area contributed by atoms with E-state index in [1.165, 1.54) is 0 Å². The van der Waals surface area contributed by atoms with Crippen LogP contribution >= 0.6 is 0 Å². The summed E-state index contributed by atoms with van der Waals surface area (Å²) in [5.41, 5.74) is 0. The number of benzene rings is 2. The van der Waals surface area contributed by atoms with Crippen molar-refractivity contribution >= 4 is 12.0 Å². The van der Waals surface area contributed by atoms with Crippen LogP contribution in [0.4, 0.5) is 4.79 Å². The molecule has 1 N–H and O–H groups in total. The van der Waals surface area contributed by atoms with E-state index in [1.807, 2.05) is 48.5 Å². The van der Waals surface area contributed by atoms with Gasteiger partial charge in [-0.15, -0.1) is 0 Å². The first-order valence-electron chi connectivity index (χ1n) is 9.63. The van der Waals surface area contributed by atoms with Crippen molar-refractivity contribution in [1.82, 2.24) is 10.2 Å². The number of ether oxygens (including phenoxy) is 2. The number of likely N-dealkylation sites (tertiary alicyclic amines) is 1. The lowest BCUT2D eigenvalue weighted by Crippen LogP contribution is -2.44. The van der Waals surface area contributed by atoms with Crippen LogP contribution < -0.4 is 14.8 Å². The molecule has 0 aliphatic carbocycles. The fraction of sp³-hybridized carbons (Fsp3) is 0.364. The molecule has 148 valence electrons. The summed E-state index contributed by atoms with van der Waals surface area (Å²) in [5.74, 6) is 1.44. The number of rotatable bonds is 6. The smallest absolute Gasteiger partial charge is 0.415 e. The molecule has 1 aliphatic heterocycles. The normalized spacial score (nSPS) is 15.5. The summed E-state index contributed by atoms with van der Waals surface area (Å²) in [5, 5.41) is 2.96. The Morgan fingerprint density at radius 1 is 1.00 bits per heavy atom. The highest BCUT2D eigenvalue weighted by Crippen LogP contribution is 2.19. The van der Waals surface area contributed by atoms with Crippen LogP contribution in [0, 0.1) is 5.92 Å². The zero-order valence-electron chi connectivity index (χ0n) is 16.0. The largest absolute Gasteiger partial charge is 0.481 e. The van der Waals surface area contributed by atoms with Gasteiger partial charge in [0, 0.05) is 19.6 Å². The first kappa shape index (κ1) is 19.7. The van der Waals surface area contributed by atoms with Gasteiger partial charge in [0.15, 0.2) is 6.10 Å². The Morgan fingerprint density at radius 3 is 2.18 bits per heavy atom. The van der Waals surface area contributed by atoms with Crippen molar-refractivity contribution < 1.29 is 19.1 Å². The second-order valence-corrected chi connectivity index (χ2v) is 6.93. The molecule has 1 saturated heterocycles. The van der Waals surface area contributed by atoms with E-state index in [9.17, 15) is 9.59 Å². The monoisotopic (exact) mass is 382 g/mol. The highest BCUT2D eigenvalue weighted by atomic mass is 16.6. The van der Waals surface area contributed by atoms with Gasteiger partial charge in [0.2, 0.25) is 0 Å². The van der Waals surface area contributed by atoms with Gasteiger partial charge in [0.1, 0.15) is 11.5 Å². The third-order valence-corrected chi connectivity index (χ3v) is 4.81. The minimum atomic E-state index is -0.552. The number of hydrogen-bond acceptors (Lipinski definition) is 4. The Morgan fingerprint density at radius 2 is 1.57 bits per heavy atom. The summed E-state index contributed by atoms with van der Waals surface area (Å²) in [6.45, 7) is 3.58. The molecular formula is C22H26N2O4. The molecule has 0 spiro atoms. The molecule has 1 atom stereocenters. The molecule has 1 fully saturated rings. The Hall–Kier alpha value is -3.02. The van der Waals surface area contributed by atoms with Gasteiger partial charge in [-0.2, -0.15) is 0 Å². The minimum Gasteiger partial charge on any atom is -0.481 e. The van der Waals surface area contributed by atoms with Gasteiger partial charge in [-0.05, 0) is 49.9 Å². The zero-order valence-corrected chi connectivity index (χ0v) is 16.0. The van der Waals surface area contributed by atoms with Gasteiger partial charge in [-0.25, -0.2) is 4.79 Å². The molecule has 2 aromatic carbocycles. The molecule has 0 saturated carbocycles. The quantitative estimate of drug-likeness (QED) is 0.831. The maximum Gasteiger partial charge on any atom is 0.415 e. The van der Waals surface area contributed by atoms with Crippen molar-refractivity contribution in [3.05, 3.63) is 60.7 Å². The molecule has 1 heterocycles. The Labute approximate surface area is 165 Å². The van der Waals surface area contributed by atoms with Gasteiger partial charge >= 0.3 is 6.09 Å². The fourth-order valence-corrected chi connectivity index (χ4v) is 3.12. The minimum absolute atomic E-state index is 0.130. The van der Waals surface area contributed by atoms with E-state index in [0.717, 1.165) is 12.8 Å². The molecule has 3 rings (SSSR count). The van der Waals surface area contributed by atoms with Crippen LogP contribution in [0.3, 0.4) is 0 Å². The summed E-state index contributed by atoms with van der Waals surface area (Å²) >= 11 is 0. The summed E-state index contributed by atoms with van der Waals surface area (Å²) < 4.78 is 11.0. The third kappa shape index (κ3) is 5.74. The maximum atomic E-state index is 12.2. The fourth-order valence-electron chi connectivity index (χ4n) is 3.12. The van der Waals surface area contributed by atoms with Gasteiger partial charge in [0.25, 0.3) is 5.91 Å². The topological polar surface area (TPSA) is 67.9 Å². The summed E-state index contributed by atoms with van der Waals surface area (Å²) in [7, 11) is 0. The first-order valence-corrected chi connectivity index (χ1v) is 9.63. The number of hydrogen-bond donors (Lipinski definition) is 1. The highest BCUT2D eigenvalue weighted by Gasteiger charge is 2.25. The zero-order chi connectivity index (χ0) is 19.8. The van der Waals surface area contributed by atoms with Crippen LogP contribution in [0.2, 0.25) is 0 Å². The number of amides is 2. The molecule has 6 nitrogen and oxygen atoms in total. The van der Waals surface area contributed by atoms with Crippen molar-refractivity contribution in [3.8, 4) is 11.5 Å². The molecule has 0 bridgehead atoms. The second-order valence-electron chi connectivity index (χ2n) is 6.93. The summed E-state index contributed by atoms with van der Waals surface area (Å²) in [4.78, 5) is 26.2. The first-order chi connectivity index (χ1) is 13.6. The molecule has 1 aliphatic rings. The van der Waals surface area contributed by atoms with E-state index in [4.69, 9.17) is 9.47 Å². The van der Waals surface area contributed by atoms with E-state index in [-0.39, 0.29) is 12.0 Å². The van der Waals surface area contributed by atoms with Crippen LogP contribution in [0.15, 0.2) is 60.7 Å². The molecular weight excluding hydrogens is 356 g/mol. The van der Waals surface area contributed by atoms with E-state index in [1.54, 1.807) is 24.0 Å². The van der Waals surface area contributed by atoms with Gasteiger partial charge in [-0.3, -0.25) is 4.79 Å². The SMILES string of the molecule is C[C@@H](Oc1ccccc1)C(=O)NCC1CCN(C(=O)Oc2ccccc2)CC1. The van der Waals surface area contributed by atoms with Crippen LogP contribution in [0.5, 0.6) is 11.5 Å². The Balaban J connectivity index is 1.37. The molecule has 0 aromatic heterocycles. The maximum absolute atomic E-state index is 12.2. The Kier molecular flexibility index (Phi) is 6.89. The van der Waals surface area contributed by atoms with E-state index in [0.29, 0.717) is 37.1 Å². The van der Waals surface area contributed by atoms with Crippen molar-refractivity contribution in [2.75, 3.05) is 19.6 Å². The van der Waals surface area contributed by atoms with Crippen LogP contribution in [-0.4, -0.2) is 42.6 Å². The number of carbonyl (C=O) groups excluding carboxylic acids is 2. The van der Waals surface area contributed by atoms with Gasteiger partial charge < -0.3 is 19.7 Å². The highest BCUT2D eigenvalue weighted by molar-refractivity contribution is 5.80. The predicted molar refractivity (Wildman–Crippen MR) is 106 cm³/mol. The van der Waals surface area contributed by atoms with Crippen LogP contribution in [-0.2, 0) is 4.79 Å². The molecule has 0 unspecified atom stereocenters. The molecule has 6 heteroatoms. The number of piperidine rings is 1. The standard InChI is InChI=1S/C22H26N2O4/c1-17(27-19-8-4-2-5-9-19)21(25)23-16-18-12-14-24(15-13-18)22(26)28-20-10-6-3-7-11-20/h2-11,17-18H,12-16H2,1H3,(H,23,25)/t17-/m1/s1. The lowest BCUT2D eigenvalue weighted by Gasteiger charge is -2.31. The number of para-hydroxylation sites is 2. The molecule has 2 aromatic rings. The lowest BCUT2D eigenvalue weighted by atomic mass is 9.97. The molecule has 28 heavy (non-hydrogen) atoms. The van der Waals surface area contributed by atoms with Gasteiger partial charge in [-0.1, -0.05) is 36.4 Å². The van der Waals surface area contributed by atoms with E-state index < -0.39 is 6.10 Å². The van der Waals surface area contributed by atoms with Gasteiger partial charge in [0.05, 0.1) is 0 Å². The second kappa shape index (κ2) is 9.78. The predicted octanol–water partition coefficient (Wildman–Crippen LogP) is 3.48. The third-order valence-electron chi connectivity index (χ3n) is 4.81. The number of carbonyl (C=O) groups is 2. The van der Waals surface area contributed by atoms with Crippen LogP contribution in [0.1, 0.15) is 19.8 Å².